The van der Waals surface area contributed by atoms with Gasteiger partial charge >= 0.3 is 0 Å². The third-order valence-corrected chi connectivity index (χ3v) is 5.88. The first-order valence-electron chi connectivity index (χ1n) is 9.11. The zero-order chi connectivity index (χ0) is 20.5. The molecule has 0 atom stereocenters. The van der Waals surface area contributed by atoms with E-state index < -0.39 is 0 Å². The molecule has 29 heavy (non-hydrogen) atoms. The third-order valence-electron chi connectivity index (χ3n) is 5.03. The summed E-state index contributed by atoms with van der Waals surface area (Å²) in [6.45, 7) is 2.49. The molecule has 0 spiro atoms. The predicted molar refractivity (Wildman–Crippen MR) is 119 cm³/mol. The van der Waals surface area contributed by atoms with Crippen LogP contribution in [0.5, 0.6) is 11.5 Å². The molecule has 0 aliphatic carbocycles. The number of nitrogen functional groups attached to an aromatic ring is 1. The van der Waals surface area contributed by atoms with E-state index in [0.717, 1.165) is 20.3 Å². The van der Waals surface area contributed by atoms with Crippen LogP contribution in [0, 0.1) is 3.57 Å². The number of ether oxygens (including phenoxy) is 2. The Labute approximate surface area is 181 Å². The van der Waals surface area contributed by atoms with Gasteiger partial charge in [0, 0.05) is 49.4 Å². The number of hydrogen-bond donors (Lipinski definition) is 1. The van der Waals surface area contributed by atoms with Gasteiger partial charge in [-0.2, -0.15) is 0 Å². The van der Waals surface area contributed by atoms with Gasteiger partial charge in [0.2, 0.25) is 5.76 Å². The van der Waals surface area contributed by atoms with E-state index in [1.54, 1.807) is 25.2 Å². The van der Waals surface area contributed by atoms with Crippen molar-refractivity contribution < 1.29 is 18.7 Å². The molecule has 0 radical (unpaired) electrons. The molecular weight excluding hydrogens is 485 g/mol. The van der Waals surface area contributed by atoms with Gasteiger partial charge < -0.3 is 29.4 Å². The van der Waals surface area contributed by atoms with E-state index in [9.17, 15) is 4.79 Å². The number of carbonyl (C=O) groups is 1. The summed E-state index contributed by atoms with van der Waals surface area (Å²) in [7, 11) is 3.18. The molecule has 1 aliphatic rings. The monoisotopic (exact) mass is 506 g/mol. The van der Waals surface area contributed by atoms with Crippen LogP contribution in [0.4, 0.5) is 11.5 Å². The molecule has 1 saturated heterocycles. The number of pyridine rings is 1. The Morgan fingerprint density at radius 3 is 2.45 bits per heavy atom. The molecule has 3 aromatic rings. The highest BCUT2D eigenvalue weighted by Gasteiger charge is 2.26. The minimum Gasteiger partial charge on any atom is -0.493 e. The van der Waals surface area contributed by atoms with Crippen LogP contribution in [0.1, 0.15) is 10.6 Å². The van der Waals surface area contributed by atoms with Crippen LogP contribution in [-0.4, -0.2) is 56.2 Å². The third kappa shape index (κ3) is 3.66. The van der Waals surface area contributed by atoms with Crippen molar-refractivity contribution in [2.24, 2.45) is 0 Å². The van der Waals surface area contributed by atoms with Crippen LogP contribution < -0.4 is 20.1 Å². The molecule has 3 heterocycles. The van der Waals surface area contributed by atoms with Gasteiger partial charge in [0.05, 0.1) is 29.6 Å². The molecule has 9 heteroatoms. The number of fused-ring (bicyclic) bond motifs is 1. The summed E-state index contributed by atoms with van der Waals surface area (Å²) in [6, 6.07) is 7.31. The number of methoxy groups -OCH3 is 2. The van der Waals surface area contributed by atoms with Crippen molar-refractivity contribution in [3.05, 3.63) is 39.9 Å². The van der Waals surface area contributed by atoms with Crippen molar-refractivity contribution in [1.29, 1.82) is 0 Å². The standard InChI is InChI=1S/C20H21IN4O4/c1-27-16-9-12-14(22)10-18(23-15(12)11-17(16)28-2)24-4-6-25(7-5-24)20(26)19-13(21)3-8-29-19/h3,8-11H,4-7H2,1-2H3,(H2,22,23)/i21-2. The number of amides is 1. The Balaban J connectivity index is 1.55. The molecule has 1 amide bonds. The molecule has 0 unspecified atom stereocenters. The molecule has 8 nitrogen and oxygen atoms in total. The van der Waals surface area contributed by atoms with Crippen molar-refractivity contribution in [2.45, 2.75) is 0 Å². The summed E-state index contributed by atoms with van der Waals surface area (Å²) in [5.74, 6) is 2.31. The van der Waals surface area contributed by atoms with Gasteiger partial charge in [0.25, 0.3) is 5.91 Å². The molecular formula is C20H21IN4O4. The van der Waals surface area contributed by atoms with Gasteiger partial charge in [0.1, 0.15) is 5.82 Å². The lowest BCUT2D eigenvalue weighted by atomic mass is 10.1. The number of nitrogens with two attached hydrogens (primary N) is 1. The van der Waals surface area contributed by atoms with Crippen molar-refractivity contribution in [3.8, 4) is 11.5 Å². The number of halogens is 1. The molecule has 1 aromatic carbocycles. The molecule has 0 bridgehead atoms. The van der Waals surface area contributed by atoms with Crippen LogP contribution in [-0.2, 0) is 0 Å². The van der Waals surface area contributed by atoms with Crippen molar-refractivity contribution in [1.82, 2.24) is 9.88 Å². The fourth-order valence-electron chi connectivity index (χ4n) is 3.46. The number of aromatic nitrogens is 1. The Morgan fingerprint density at radius 2 is 1.83 bits per heavy atom. The van der Waals surface area contributed by atoms with E-state index in [1.165, 1.54) is 6.26 Å². The molecule has 0 saturated carbocycles. The highest BCUT2D eigenvalue weighted by molar-refractivity contribution is 14.1. The maximum atomic E-state index is 12.6. The summed E-state index contributed by atoms with van der Waals surface area (Å²) < 4.78 is 16.9. The topological polar surface area (TPSA) is 94.1 Å². The SMILES string of the molecule is COc1cc2nc(N3CCN(C(=O)c4occc4[125I])CC3)cc(N)c2cc1OC. The fraction of sp³-hybridized carbons (Fsp3) is 0.300. The van der Waals surface area contributed by atoms with Gasteiger partial charge in [-0.3, -0.25) is 4.79 Å². The largest absolute Gasteiger partial charge is 0.493 e. The molecule has 152 valence electrons. The Bertz CT molecular complexity index is 1060. The lowest BCUT2D eigenvalue weighted by molar-refractivity contribution is 0.0713. The van der Waals surface area contributed by atoms with Crippen LogP contribution in [0.15, 0.2) is 34.9 Å². The lowest BCUT2D eigenvalue weighted by Crippen LogP contribution is -2.49. The summed E-state index contributed by atoms with van der Waals surface area (Å²) in [6.07, 6.45) is 1.54. The first-order chi connectivity index (χ1) is 14.0. The number of carbonyl (C=O) groups excluding carboxylic acids is 1. The molecule has 2 N–H and O–H groups in total. The van der Waals surface area contributed by atoms with Crippen LogP contribution in [0.2, 0.25) is 0 Å². The minimum absolute atomic E-state index is 0.0816. The quantitative estimate of drug-likeness (QED) is 0.544. The van der Waals surface area contributed by atoms with Gasteiger partial charge in [-0.05, 0) is 34.7 Å². The predicted octanol–water partition coefficient (Wildman–Crippen LogP) is 2.99. The van der Waals surface area contributed by atoms with Gasteiger partial charge in [-0.15, -0.1) is 0 Å². The molecule has 4 rings (SSSR count). The Kier molecular flexibility index (Phi) is 5.39. The average molecular weight is 506 g/mol. The number of hydrogen-bond acceptors (Lipinski definition) is 7. The van der Waals surface area contributed by atoms with E-state index in [4.69, 9.17) is 24.6 Å². The van der Waals surface area contributed by atoms with E-state index in [1.807, 2.05) is 18.2 Å². The second-order valence-electron chi connectivity index (χ2n) is 6.67. The van der Waals surface area contributed by atoms with Crippen molar-refractivity contribution >= 4 is 50.9 Å². The Morgan fingerprint density at radius 1 is 1.14 bits per heavy atom. The lowest BCUT2D eigenvalue weighted by Gasteiger charge is -2.35. The molecule has 2 aromatic heterocycles. The second-order valence-corrected chi connectivity index (χ2v) is 7.83. The zero-order valence-corrected chi connectivity index (χ0v) is 18.3. The second kappa shape index (κ2) is 7.97. The van der Waals surface area contributed by atoms with Gasteiger partial charge in [-0.25, -0.2) is 4.98 Å². The number of furan rings is 1. The van der Waals surface area contributed by atoms with Crippen LogP contribution >= 0.6 is 22.6 Å². The molecule has 1 aliphatic heterocycles. The average Bonchev–Trinajstić information content (AvgIpc) is 3.18. The summed E-state index contributed by atoms with van der Waals surface area (Å²) >= 11 is 2.11. The van der Waals surface area contributed by atoms with Crippen LogP contribution in [0.3, 0.4) is 0 Å². The van der Waals surface area contributed by atoms with Crippen molar-refractivity contribution in [2.75, 3.05) is 51.0 Å². The molecule has 1 fully saturated rings. The highest BCUT2D eigenvalue weighted by Crippen LogP contribution is 2.35. The normalized spacial score (nSPS) is 14.3. The smallest absolute Gasteiger partial charge is 0.290 e. The van der Waals surface area contributed by atoms with Gasteiger partial charge in [0.15, 0.2) is 11.5 Å². The summed E-state index contributed by atoms with van der Waals surface area (Å²) in [5.41, 5.74) is 7.65. The maximum Gasteiger partial charge on any atom is 0.290 e. The number of rotatable bonds is 4. The number of nitrogens with zero attached hydrogens (tertiary/aromatic N) is 3. The first kappa shape index (κ1) is 19.6. The van der Waals surface area contributed by atoms with E-state index in [2.05, 4.69) is 27.5 Å². The number of piperazine rings is 1. The van der Waals surface area contributed by atoms with E-state index >= 15 is 0 Å². The first-order valence-corrected chi connectivity index (χ1v) is 10.2. The number of benzene rings is 1. The summed E-state index contributed by atoms with van der Waals surface area (Å²) in [4.78, 5) is 21.3. The van der Waals surface area contributed by atoms with E-state index in [0.29, 0.717) is 49.1 Å². The van der Waals surface area contributed by atoms with Gasteiger partial charge in [-0.1, -0.05) is 0 Å². The Hall–Kier alpha value is -2.69. The van der Waals surface area contributed by atoms with Crippen molar-refractivity contribution in [3.63, 3.8) is 0 Å². The number of anilines is 2. The summed E-state index contributed by atoms with van der Waals surface area (Å²) in [5, 5.41) is 0.813. The fourth-order valence-corrected chi connectivity index (χ4v) is 3.96. The van der Waals surface area contributed by atoms with Crippen LogP contribution in [0.25, 0.3) is 10.9 Å². The zero-order valence-electron chi connectivity index (χ0n) is 16.1. The minimum atomic E-state index is -0.0816. The van der Waals surface area contributed by atoms with E-state index in [-0.39, 0.29) is 5.91 Å². The maximum absolute atomic E-state index is 12.6. The highest BCUT2D eigenvalue weighted by atomic mass is 125.